The number of thiol groups is 2. The summed E-state index contributed by atoms with van der Waals surface area (Å²) in [5.41, 5.74) is 12.7. The van der Waals surface area contributed by atoms with Crippen molar-refractivity contribution in [1.29, 1.82) is 5.53 Å². The third kappa shape index (κ3) is 10.8. The molecule has 1 aliphatic heterocycles. The monoisotopic (exact) mass is 596 g/mol. The summed E-state index contributed by atoms with van der Waals surface area (Å²) in [6.45, 7) is 1.71. The molecule has 0 aliphatic carbocycles. The zero-order chi connectivity index (χ0) is 29.8. The quantitative estimate of drug-likeness (QED) is 0.0611. The first-order valence-electron chi connectivity index (χ1n) is 10.5. The molecule has 0 spiro atoms. The molecule has 1 fully saturated rings. The number of rotatable bonds is 7. The Morgan fingerprint density at radius 1 is 1.20 bits per heavy atom. The maximum atomic E-state index is 10.1. The lowest BCUT2D eigenvalue weighted by atomic mass is 10.1. The van der Waals surface area contributed by atoms with Gasteiger partial charge in [0.25, 0.3) is 0 Å². The molecule has 0 bridgehead atoms. The van der Waals surface area contributed by atoms with Crippen molar-refractivity contribution in [3.63, 3.8) is 0 Å². The van der Waals surface area contributed by atoms with E-state index in [4.69, 9.17) is 27.7 Å². The number of hydrogen-bond acceptors (Lipinski definition) is 14. The number of terminal acetylenes is 1. The highest BCUT2D eigenvalue weighted by molar-refractivity contribution is 7.80. The first kappa shape index (κ1) is 33.6. The number of nitrogens with two attached hydrogens (primary N) is 1. The van der Waals surface area contributed by atoms with Gasteiger partial charge < -0.3 is 20.7 Å². The van der Waals surface area contributed by atoms with Crippen LogP contribution >= 0.6 is 25.5 Å². The fourth-order valence-electron chi connectivity index (χ4n) is 2.74. The SMILES string of the molecule is C#CC#CC#CC#CC#CC.N=N/N=N/N(OO)OS.Nc1ncnc2c1ncn2[C@@H]1O[C@H](CCS)[C@H](O)C1O.[HH].[HH].[HH].[HH].[HH]. The Kier molecular flexibility index (Phi) is 16.5. The Hall–Kier alpha value is -4.39. The second-order valence-corrected chi connectivity index (χ2v) is 7.20. The van der Waals surface area contributed by atoms with Gasteiger partial charge in [0.05, 0.1) is 12.4 Å². The average Bonchev–Trinajstić information content (AvgIpc) is 3.51. The van der Waals surface area contributed by atoms with Crippen molar-refractivity contribution < 1.29 is 36.6 Å². The number of ether oxygens (including phenoxy) is 1. The number of aliphatic hydroxyl groups excluding tert-OH is 2. The first-order chi connectivity index (χ1) is 19.4. The molecule has 0 saturated carbocycles. The van der Waals surface area contributed by atoms with Gasteiger partial charge in [0.1, 0.15) is 24.1 Å². The van der Waals surface area contributed by atoms with Crippen molar-refractivity contribution in [2.45, 2.75) is 37.9 Å². The molecule has 0 radical (unpaired) electrons. The summed E-state index contributed by atoms with van der Waals surface area (Å²) in [7, 11) is 0. The molecule has 3 rings (SSSR count). The minimum atomic E-state index is -1.06. The van der Waals surface area contributed by atoms with Crippen molar-refractivity contribution in [3.05, 3.63) is 12.7 Å². The van der Waals surface area contributed by atoms with Gasteiger partial charge in [-0.15, -0.1) is 6.42 Å². The van der Waals surface area contributed by atoms with Gasteiger partial charge in [-0.05, 0) is 76.9 Å². The fraction of sp³-hybridized carbons (Fsp3) is 0.318. The molecule has 6 N–H and O–H groups in total. The Morgan fingerprint density at radius 2 is 1.88 bits per heavy atom. The van der Waals surface area contributed by atoms with Crippen LogP contribution < -0.4 is 5.73 Å². The van der Waals surface area contributed by atoms with Crippen LogP contribution in [0.1, 0.15) is 26.7 Å². The van der Waals surface area contributed by atoms with E-state index in [1.54, 1.807) is 11.5 Å². The number of anilines is 1. The normalized spacial score (nSPS) is 18.3. The van der Waals surface area contributed by atoms with E-state index in [1.807, 2.05) is 0 Å². The first-order valence-corrected chi connectivity index (χ1v) is 11.5. The van der Waals surface area contributed by atoms with Crippen molar-refractivity contribution in [3.8, 4) is 59.7 Å². The molecule has 40 heavy (non-hydrogen) atoms. The molecule has 0 aromatic carbocycles. The number of nitrogens with one attached hydrogen (secondary N) is 1. The van der Waals surface area contributed by atoms with Crippen LogP contribution in [0, 0.1) is 65.2 Å². The van der Waals surface area contributed by atoms with Crippen molar-refractivity contribution in [2.75, 3.05) is 11.5 Å². The number of fused-ring (bicyclic) bond motifs is 1. The summed E-state index contributed by atoms with van der Waals surface area (Å²) in [4.78, 5) is 15.4. The van der Waals surface area contributed by atoms with Crippen LogP contribution in [-0.2, 0) is 14.0 Å². The van der Waals surface area contributed by atoms with E-state index >= 15 is 0 Å². The maximum Gasteiger partial charge on any atom is 0.167 e. The van der Waals surface area contributed by atoms with Gasteiger partial charge in [-0.1, -0.05) is 10.9 Å². The highest BCUT2D eigenvalue weighted by atomic mass is 32.1. The predicted octanol–water partition coefficient (Wildman–Crippen LogP) is 2.01. The van der Waals surface area contributed by atoms with Crippen molar-refractivity contribution >= 4 is 42.5 Å². The van der Waals surface area contributed by atoms with Crippen LogP contribution in [0.3, 0.4) is 0 Å². The third-order valence-corrected chi connectivity index (χ3v) is 4.68. The summed E-state index contributed by atoms with van der Waals surface area (Å²) < 4.78 is 11.1. The predicted molar refractivity (Wildman–Crippen MR) is 156 cm³/mol. The second-order valence-electron chi connectivity index (χ2n) is 6.59. The number of nitrogens with zero attached hydrogens (tertiary/aromatic N) is 8. The number of aliphatic hydroxyl groups is 2. The van der Waals surface area contributed by atoms with E-state index in [1.165, 1.54) is 12.7 Å². The van der Waals surface area contributed by atoms with Crippen molar-refractivity contribution in [1.82, 2.24) is 24.9 Å². The maximum absolute atomic E-state index is 10.1. The van der Waals surface area contributed by atoms with Crippen LogP contribution in [0.2, 0.25) is 0 Å². The van der Waals surface area contributed by atoms with Gasteiger partial charge in [0.2, 0.25) is 0 Å². The third-order valence-electron chi connectivity index (χ3n) is 4.28. The number of nitrogen functional groups attached to an aromatic ring is 1. The Bertz CT molecular complexity index is 1450. The minimum Gasteiger partial charge on any atom is -0.388 e. The molecule has 1 aliphatic rings. The Balaban J connectivity index is -0.000000186. The molecule has 1 unspecified atom stereocenters. The summed E-state index contributed by atoms with van der Waals surface area (Å²) >= 11 is 7.27. The molecule has 3 heterocycles. The van der Waals surface area contributed by atoms with Crippen molar-refractivity contribution in [2.24, 2.45) is 15.7 Å². The Labute approximate surface area is 247 Å². The number of aromatic nitrogens is 4. The zero-order valence-electron chi connectivity index (χ0n) is 20.6. The van der Waals surface area contributed by atoms with Crippen LogP contribution in [-0.4, -0.2) is 64.4 Å². The van der Waals surface area contributed by atoms with E-state index in [0.717, 1.165) is 0 Å². The van der Waals surface area contributed by atoms with E-state index in [2.05, 4.69) is 119 Å². The highest BCUT2D eigenvalue weighted by Gasteiger charge is 2.43. The molecule has 16 nitrogen and oxygen atoms in total. The van der Waals surface area contributed by atoms with Crippen LogP contribution in [0.15, 0.2) is 28.3 Å². The van der Waals surface area contributed by atoms with Gasteiger partial charge in [-0.25, -0.2) is 20.2 Å². The molecule has 18 heteroatoms. The second kappa shape index (κ2) is 19.6. The summed E-state index contributed by atoms with van der Waals surface area (Å²) in [5.74, 6) is 22.8. The molecular formula is C22H32N10O6S2. The van der Waals surface area contributed by atoms with Crippen LogP contribution in [0.5, 0.6) is 0 Å². The summed E-state index contributed by atoms with van der Waals surface area (Å²) in [6, 6.07) is 0. The topological polar surface area (TPSA) is 222 Å². The minimum absolute atomic E-state index is 0. The van der Waals surface area contributed by atoms with Gasteiger partial charge in [-0.2, -0.15) is 22.4 Å². The number of hydrogen-bond donors (Lipinski definition) is 7. The smallest absolute Gasteiger partial charge is 0.167 e. The molecule has 218 valence electrons. The van der Waals surface area contributed by atoms with E-state index in [9.17, 15) is 10.2 Å². The lowest BCUT2D eigenvalue weighted by Gasteiger charge is -2.16. The van der Waals surface area contributed by atoms with Crippen LogP contribution in [0.4, 0.5) is 5.82 Å². The standard InChI is InChI=1S/C11H15N5O3S.C11H4.H3N5O3S.5H2/c12-9-6-10(14-3-13-9)16(4-15-6)11-8(18)7(17)5(19-11)1-2-20;1-3-5-7-9-11-10-8-6-4-2;1-2-3-4-5(7-6)8-9;;;;;/h3-5,7-8,11,17-18,20H,1-2H2,(H2,12,13,14);1H,2H3;1,6,9H;5*1H/b;;2-1?,4-3+;;;;;/t5-,7+,8?,11-;;;;;;;/m1......./s1. The van der Waals surface area contributed by atoms with E-state index in [0.29, 0.717) is 23.3 Å². The van der Waals surface area contributed by atoms with Crippen LogP contribution in [0.25, 0.3) is 11.2 Å². The lowest BCUT2D eigenvalue weighted by molar-refractivity contribution is -0.478. The molecule has 2 aromatic rings. The molecule has 0 amide bonds. The van der Waals surface area contributed by atoms with Gasteiger partial charge in [-0.3, -0.25) is 4.57 Å². The molecule has 2 aromatic heterocycles. The lowest BCUT2D eigenvalue weighted by Crippen LogP contribution is -2.31. The van der Waals surface area contributed by atoms with Gasteiger partial charge >= 0.3 is 0 Å². The van der Waals surface area contributed by atoms with Gasteiger partial charge in [0.15, 0.2) is 17.7 Å². The van der Waals surface area contributed by atoms with E-state index < -0.39 is 24.5 Å². The molecule has 4 atom stereocenters. The fourth-order valence-corrected chi connectivity index (χ4v) is 3.05. The summed E-state index contributed by atoms with van der Waals surface area (Å²) in [5, 5.41) is 35.9. The average molecular weight is 597 g/mol. The molecule has 1 saturated heterocycles. The highest BCUT2D eigenvalue weighted by Crippen LogP contribution is 2.33. The molecular weight excluding hydrogens is 564 g/mol. The Morgan fingerprint density at radius 3 is 2.45 bits per heavy atom. The largest absolute Gasteiger partial charge is 0.388 e. The zero-order valence-corrected chi connectivity index (χ0v) is 22.4. The van der Waals surface area contributed by atoms with Gasteiger partial charge in [0, 0.05) is 30.6 Å². The van der Waals surface area contributed by atoms with E-state index in [-0.39, 0.29) is 18.3 Å². The summed E-state index contributed by atoms with van der Waals surface area (Å²) in [6.07, 6.45) is 4.92. The number of imidazole rings is 1.